The van der Waals surface area contributed by atoms with Crippen molar-refractivity contribution in [1.82, 2.24) is 0 Å². The lowest BCUT2D eigenvalue weighted by Crippen LogP contribution is -2.34. The second kappa shape index (κ2) is 6.36. The third-order valence-electron chi connectivity index (χ3n) is 5.16. The van der Waals surface area contributed by atoms with Crippen LogP contribution in [0, 0.1) is 0 Å². The fourth-order valence-corrected chi connectivity index (χ4v) is 3.98. The molecule has 25 heavy (non-hydrogen) atoms. The lowest BCUT2D eigenvalue weighted by Gasteiger charge is -2.37. The number of anilines is 1. The number of hydrogen-bond acceptors (Lipinski definition) is 4. The summed E-state index contributed by atoms with van der Waals surface area (Å²) in [5, 5.41) is 0. The normalized spacial score (nSPS) is 15.5. The molecule has 2 aliphatic rings. The first-order valence-corrected chi connectivity index (χ1v) is 8.81. The van der Waals surface area contributed by atoms with Crippen molar-refractivity contribution in [3.8, 4) is 0 Å². The summed E-state index contributed by atoms with van der Waals surface area (Å²) in [4.78, 5) is 26.9. The number of methoxy groups -OCH3 is 1. The summed E-state index contributed by atoms with van der Waals surface area (Å²) in [5.74, 6) is -0.379. The number of benzene rings is 2. The zero-order chi connectivity index (χ0) is 17.4. The molecule has 0 bridgehead atoms. The molecule has 0 aliphatic carbocycles. The molecule has 128 valence electrons. The zero-order valence-electron chi connectivity index (χ0n) is 14.4. The number of aryl methyl sites for hydroxylation is 2. The van der Waals surface area contributed by atoms with Gasteiger partial charge in [0.25, 0.3) is 0 Å². The summed E-state index contributed by atoms with van der Waals surface area (Å²) in [7, 11) is 1.35. The third kappa shape index (κ3) is 2.82. The molecular formula is C21H21NO3. The van der Waals surface area contributed by atoms with Crippen LogP contribution in [-0.4, -0.2) is 32.0 Å². The van der Waals surface area contributed by atoms with Crippen LogP contribution in [0.15, 0.2) is 36.4 Å². The van der Waals surface area contributed by atoms with Crippen LogP contribution in [-0.2, 0) is 17.6 Å². The molecular weight excluding hydrogens is 314 g/mol. The van der Waals surface area contributed by atoms with Gasteiger partial charge in [0, 0.05) is 29.9 Å². The van der Waals surface area contributed by atoms with Crippen molar-refractivity contribution in [2.45, 2.75) is 25.7 Å². The first kappa shape index (κ1) is 15.9. The second-order valence-electron chi connectivity index (χ2n) is 6.74. The molecule has 0 aromatic heterocycles. The van der Waals surface area contributed by atoms with E-state index in [1.807, 2.05) is 0 Å². The molecule has 4 nitrogen and oxygen atoms in total. The number of rotatable bonds is 3. The fraction of sp³-hybridized carbons (Fsp3) is 0.333. The Morgan fingerprint density at radius 2 is 1.44 bits per heavy atom. The van der Waals surface area contributed by atoms with E-state index in [1.54, 1.807) is 24.3 Å². The predicted octanol–water partition coefficient (Wildman–Crippen LogP) is 3.40. The van der Waals surface area contributed by atoms with E-state index in [9.17, 15) is 9.59 Å². The van der Waals surface area contributed by atoms with Gasteiger partial charge in [0.05, 0.1) is 12.7 Å². The molecule has 0 unspecified atom stereocenters. The summed E-state index contributed by atoms with van der Waals surface area (Å²) in [6.07, 6.45) is 4.39. The molecule has 0 amide bonds. The topological polar surface area (TPSA) is 46.6 Å². The predicted molar refractivity (Wildman–Crippen MR) is 96.5 cm³/mol. The van der Waals surface area contributed by atoms with Crippen molar-refractivity contribution >= 4 is 17.4 Å². The Morgan fingerprint density at radius 3 is 2.00 bits per heavy atom. The Hall–Kier alpha value is -2.62. The van der Waals surface area contributed by atoms with Crippen LogP contribution in [0.3, 0.4) is 0 Å². The standard InChI is InChI=1S/C21H21NO3/c1-25-21(24)15-8-6-14(7-9-15)20(23)18-12-16-4-2-10-22-11-3-5-17(13-18)19(16)22/h6-9,12-13H,2-5,10-11H2,1H3. The molecule has 2 aromatic carbocycles. The average Bonchev–Trinajstić information content (AvgIpc) is 2.67. The van der Waals surface area contributed by atoms with Gasteiger partial charge in [-0.2, -0.15) is 0 Å². The van der Waals surface area contributed by atoms with Gasteiger partial charge in [-0.25, -0.2) is 4.79 Å². The molecule has 4 rings (SSSR count). The summed E-state index contributed by atoms with van der Waals surface area (Å²) in [6.45, 7) is 2.25. The van der Waals surface area contributed by atoms with Crippen LogP contribution in [0.1, 0.15) is 50.2 Å². The minimum atomic E-state index is -0.391. The highest BCUT2D eigenvalue weighted by Gasteiger charge is 2.25. The molecule has 0 saturated heterocycles. The quantitative estimate of drug-likeness (QED) is 0.637. The summed E-state index contributed by atoms with van der Waals surface area (Å²) >= 11 is 0. The number of carbonyl (C=O) groups is 2. The third-order valence-corrected chi connectivity index (χ3v) is 5.16. The van der Waals surface area contributed by atoms with Crippen LogP contribution in [0.25, 0.3) is 0 Å². The van der Waals surface area contributed by atoms with E-state index >= 15 is 0 Å². The van der Waals surface area contributed by atoms with Gasteiger partial charge >= 0.3 is 5.97 Å². The Balaban J connectivity index is 1.68. The molecule has 0 fully saturated rings. The van der Waals surface area contributed by atoms with Gasteiger partial charge in [0.15, 0.2) is 5.78 Å². The monoisotopic (exact) mass is 335 g/mol. The van der Waals surface area contributed by atoms with Gasteiger partial charge in [-0.3, -0.25) is 4.79 Å². The van der Waals surface area contributed by atoms with E-state index in [-0.39, 0.29) is 5.78 Å². The maximum atomic E-state index is 12.9. The van der Waals surface area contributed by atoms with Gasteiger partial charge in [-0.15, -0.1) is 0 Å². The van der Waals surface area contributed by atoms with E-state index < -0.39 is 5.97 Å². The van der Waals surface area contributed by atoms with E-state index in [2.05, 4.69) is 17.0 Å². The number of nitrogens with zero attached hydrogens (tertiary/aromatic N) is 1. The second-order valence-corrected chi connectivity index (χ2v) is 6.74. The van der Waals surface area contributed by atoms with Gasteiger partial charge in [-0.05, 0) is 61.1 Å². The molecule has 2 aromatic rings. The minimum Gasteiger partial charge on any atom is -0.465 e. The lowest BCUT2D eigenvalue weighted by molar-refractivity contribution is 0.0600. The average molecular weight is 335 g/mol. The highest BCUT2D eigenvalue weighted by molar-refractivity contribution is 6.10. The van der Waals surface area contributed by atoms with Gasteiger partial charge in [0.1, 0.15) is 0 Å². The number of esters is 1. The number of ketones is 1. The van der Waals surface area contributed by atoms with Crippen molar-refractivity contribution in [1.29, 1.82) is 0 Å². The molecule has 0 radical (unpaired) electrons. The van der Waals surface area contributed by atoms with Gasteiger partial charge in [0.2, 0.25) is 0 Å². The fourth-order valence-electron chi connectivity index (χ4n) is 3.98. The summed E-state index contributed by atoms with van der Waals surface area (Å²) < 4.78 is 4.70. The smallest absolute Gasteiger partial charge is 0.337 e. The minimum absolute atomic E-state index is 0.0122. The number of hydrogen-bond donors (Lipinski definition) is 0. The molecule has 0 atom stereocenters. The Labute approximate surface area is 147 Å². The maximum absolute atomic E-state index is 12.9. The Morgan fingerprint density at radius 1 is 0.880 bits per heavy atom. The lowest BCUT2D eigenvalue weighted by atomic mass is 9.88. The van der Waals surface area contributed by atoms with Crippen LogP contribution in [0.2, 0.25) is 0 Å². The Bertz CT molecular complexity index is 808. The Kier molecular flexibility index (Phi) is 4.04. The molecule has 0 saturated carbocycles. The van der Waals surface area contributed by atoms with Crippen molar-refractivity contribution in [2.75, 3.05) is 25.1 Å². The van der Waals surface area contributed by atoms with Crippen LogP contribution in [0.4, 0.5) is 5.69 Å². The van der Waals surface area contributed by atoms with E-state index in [0.29, 0.717) is 11.1 Å². The first-order chi connectivity index (χ1) is 12.2. The van der Waals surface area contributed by atoms with Crippen molar-refractivity contribution < 1.29 is 14.3 Å². The van der Waals surface area contributed by atoms with Crippen molar-refractivity contribution in [3.63, 3.8) is 0 Å². The van der Waals surface area contributed by atoms with Crippen LogP contribution in [0.5, 0.6) is 0 Å². The summed E-state index contributed by atoms with van der Waals surface area (Å²) in [5.41, 5.74) is 5.79. The molecule has 0 spiro atoms. The van der Waals surface area contributed by atoms with Gasteiger partial charge < -0.3 is 9.64 Å². The molecule has 2 heterocycles. The van der Waals surface area contributed by atoms with Gasteiger partial charge in [-0.1, -0.05) is 12.1 Å². The molecule has 4 heteroatoms. The summed E-state index contributed by atoms with van der Waals surface area (Å²) in [6, 6.07) is 10.8. The zero-order valence-corrected chi connectivity index (χ0v) is 14.4. The first-order valence-electron chi connectivity index (χ1n) is 8.81. The highest BCUT2D eigenvalue weighted by Crippen LogP contribution is 2.36. The van der Waals surface area contributed by atoms with Crippen LogP contribution < -0.4 is 4.90 Å². The number of ether oxygens (including phenoxy) is 1. The molecule has 2 aliphatic heterocycles. The molecule has 0 N–H and O–H groups in total. The van der Waals surface area contributed by atoms with E-state index in [0.717, 1.165) is 44.3 Å². The SMILES string of the molecule is COC(=O)c1ccc(C(=O)c2cc3c4c(c2)CCCN4CCC3)cc1. The van der Waals surface area contributed by atoms with E-state index in [1.165, 1.54) is 23.9 Å². The number of carbonyl (C=O) groups excluding carboxylic acids is 2. The van der Waals surface area contributed by atoms with Crippen LogP contribution >= 0.6 is 0 Å². The maximum Gasteiger partial charge on any atom is 0.337 e. The highest BCUT2D eigenvalue weighted by atomic mass is 16.5. The van der Waals surface area contributed by atoms with E-state index in [4.69, 9.17) is 4.74 Å². The van der Waals surface area contributed by atoms with Crippen molar-refractivity contribution in [2.24, 2.45) is 0 Å². The largest absolute Gasteiger partial charge is 0.465 e. The van der Waals surface area contributed by atoms with Crippen molar-refractivity contribution in [3.05, 3.63) is 64.2 Å².